The second kappa shape index (κ2) is 11.6. The van der Waals surface area contributed by atoms with E-state index in [9.17, 15) is 14.4 Å². The summed E-state index contributed by atoms with van der Waals surface area (Å²) in [6.45, 7) is 13.8. The highest BCUT2D eigenvalue weighted by atomic mass is 32.1. The number of nitriles is 1. The van der Waals surface area contributed by atoms with E-state index in [1.807, 2.05) is 45.2 Å². The average molecular weight is 591 g/mol. The van der Waals surface area contributed by atoms with Gasteiger partial charge < -0.3 is 19.9 Å². The number of hydrogen-bond acceptors (Lipinski definition) is 9. The lowest BCUT2D eigenvalue weighted by atomic mass is 10.1. The number of anilines is 2. The summed E-state index contributed by atoms with van der Waals surface area (Å²) in [6, 6.07) is 10.3. The van der Waals surface area contributed by atoms with Crippen LogP contribution in [-0.2, 0) is 17.7 Å². The van der Waals surface area contributed by atoms with Gasteiger partial charge >= 0.3 is 6.09 Å². The van der Waals surface area contributed by atoms with Gasteiger partial charge in [-0.25, -0.2) is 23.7 Å². The monoisotopic (exact) mass is 590 g/mol. The Kier molecular flexibility index (Phi) is 8.06. The number of nitrogens with one attached hydrogen (secondary N) is 1. The molecule has 0 radical (unpaired) electrons. The van der Waals surface area contributed by atoms with E-state index in [0.717, 1.165) is 27.9 Å². The van der Waals surface area contributed by atoms with E-state index < -0.39 is 5.60 Å². The van der Waals surface area contributed by atoms with Crippen LogP contribution in [0, 0.1) is 24.1 Å². The lowest BCUT2D eigenvalue weighted by Gasteiger charge is -2.40. The Hall–Kier alpha value is -4.24. The summed E-state index contributed by atoms with van der Waals surface area (Å²) in [4.78, 5) is 26.8. The summed E-state index contributed by atoms with van der Waals surface area (Å²) in [6.07, 6.45) is 0.404. The number of halogens is 1. The van der Waals surface area contributed by atoms with Crippen molar-refractivity contribution in [3.8, 4) is 17.3 Å². The lowest BCUT2D eigenvalue weighted by molar-refractivity contribution is 0.0218. The van der Waals surface area contributed by atoms with Crippen LogP contribution in [0.15, 0.2) is 30.3 Å². The Morgan fingerprint density at radius 2 is 1.98 bits per heavy atom. The van der Waals surface area contributed by atoms with E-state index in [-0.39, 0.29) is 18.0 Å². The highest BCUT2D eigenvalue weighted by Crippen LogP contribution is 2.31. The number of hydrogen-bond donors (Lipinski definition) is 1. The molecule has 1 aromatic carbocycles. The third-order valence-electron chi connectivity index (χ3n) is 7.04. The highest BCUT2D eigenvalue weighted by Gasteiger charge is 2.31. The molecule has 1 N–H and O–H groups in total. The second-order valence-corrected chi connectivity index (χ2v) is 12.5. The first kappa shape index (κ1) is 29.3. The van der Waals surface area contributed by atoms with E-state index >= 15 is 0 Å². The van der Waals surface area contributed by atoms with Gasteiger partial charge in [-0.1, -0.05) is 6.92 Å². The van der Waals surface area contributed by atoms with Gasteiger partial charge in [-0.05, 0) is 65.3 Å². The molecule has 1 saturated heterocycles. The maximum Gasteiger partial charge on any atom is 0.410 e. The predicted molar refractivity (Wildman–Crippen MR) is 161 cm³/mol. The third-order valence-corrected chi connectivity index (χ3v) is 8.00. The van der Waals surface area contributed by atoms with E-state index in [1.165, 1.54) is 23.5 Å². The largest absolute Gasteiger partial charge is 0.444 e. The van der Waals surface area contributed by atoms with Crippen molar-refractivity contribution in [1.29, 1.82) is 5.26 Å². The number of ether oxygens (including phenoxy) is 1. The topological polar surface area (TPSA) is 112 Å². The Morgan fingerprint density at radius 1 is 1.24 bits per heavy atom. The second-order valence-electron chi connectivity index (χ2n) is 11.4. The minimum atomic E-state index is -0.541. The van der Waals surface area contributed by atoms with Gasteiger partial charge in [-0.3, -0.25) is 0 Å². The van der Waals surface area contributed by atoms with Gasteiger partial charge in [0.25, 0.3) is 0 Å². The number of carbonyl (C=O) groups excluding carboxylic acids is 1. The molecule has 1 aliphatic rings. The Bertz CT molecular complexity index is 1650. The van der Waals surface area contributed by atoms with Crippen LogP contribution in [0.3, 0.4) is 0 Å². The Labute approximate surface area is 248 Å². The molecule has 0 aliphatic carbocycles. The van der Waals surface area contributed by atoms with Gasteiger partial charge in [0.05, 0.1) is 17.9 Å². The molecule has 4 heterocycles. The smallest absolute Gasteiger partial charge is 0.410 e. The number of rotatable bonds is 6. The quantitative estimate of drug-likeness (QED) is 0.300. The van der Waals surface area contributed by atoms with Crippen LogP contribution in [0.1, 0.15) is 55.9 Å². The van der Waals surface area contributed by atoms with Crippen LogP contribution >= 0.6 is 11.3 Å². The fourth-order valence-electron chi connectivity index (χ4n) is 5.04. The summed E-state index contributed by atoms with van der Waals surface area (Å²) in [5.74, 6) is 0.484. The fraction of sp³-hybridized carbons (Fsp3) is 0.433. The SMILES string of the molecule is CCc1nn2c(C)cc(N3CCN(C(=O)OC(C)(C)C)C[C@@H]3C)nc2c1NCc1nc(-c2ccc(F)cc2)c(C#N)s1. The van der Waals surface area contributed by atoms with Crippen molar-refractivity contribution in [2.75, 3.05) is 29.9 Å². The summed E-state index contributed by atoms with van der Waals surface area (Å²) >= 11 is 1.31. The van der Waals surface area contributed by atoms with Gasteiger partial charge in [-0.2, -0.15) is 10.4 Å². The van der Waals surface area contributed by atoms with Crippen molar-refractivity contribution in [3.63, 3.8) is 0 Å². The van der Waals surface area contributed by atoms with Gasteiger partial charge in [-0.15, -0.1) is 11.3 Å². The molecular weight excluding hydrogens is 555 g/mol. The minimum absolute atomic E-state index is 0.0372. The van der Waals surface area contributed by atoms with Gasteiger partial charge in [0.15, 0.2) is 5.65 Å². The van der Waals surface area contributed by atoms with E-state index in [2.05, 4.69) is 23.2 Å². The molecule has 0 bridgehead atoms. The molecule has 1 atom stereocenters. The Morgan fingerprint density at radius 3 is 2.62 bits per heavy atom. The third kappa shape index (κ3) is 6.01. The molecule has 4 aromatic rings. The first-order chi connectivity index (χ1) is 20.0. The predicted octanol–water partition coefficient (Wildman–Crippen LogP) is 5.79. The number of benzene rings is 1. The van der Waals surface area contributed by atoms with Crippen molar-refractivity contribution >= 4 is 34.6 Å². The number of carbonyl (C=O) groups is 1. The van der Waals surface area contributed by atoms with Gasteiger partial charge in [0, 0.05) is 43.0 Å². The summed E-state index contributed by atoms with van der Waals surface area (Å²) in [5, 5.41) is 18.7. The zero-order valence-electron chi connectivity index (χ0n) is 24.7. The van der Waals surface area contributed by atoms with E-state index in [0.29, 0.717) is 54.4 Å². The zero-order valence-corrected chi connectivity index (χ0v) is 25.5. The Balaban J connectivity index is 1.39. The number of aryl methyl sites for hydroxylation is 2. The molecule has 12 heteroatoms. The summed E-state index contributed by atoms with van der Waals surface area (Å²) in [7, 11) is 0. The van der Waals surface area contributed by atoms with Crippen molar-refractivity contribution in [2.45, 2.75) is 66.2 Å². The number of piperazine rings is 1. The molecule has 0 unspecified atom stereocenters. The highest BCUT2D eigenvalue weighted by molar-refractivity contribution is 7.12. The maximum absolute atomic E-state index is 13.4. The minimum Gasteiger partial charge on any atom is -0.444 e. The number of nitrogens with zero attached hydrogens (tertiary/aromatic N) is 7. The van der Waals surface area contributed by atoms with Crippen LogP contribution in [0.25, 0.3) is 16.9 Å². The molecular formula is C30H35FN8O2S. The molecule has 5 rings (SSSR count). The molecule has 1 aliphatic heterocycles. The zero-order chi connectivity index (χ0) is 30.2. The average Bonchev–Trinajstić information content (AvgIpc) is 3.52. The van der Waals surface area contributed by atoms with E-state index in [1.54, 1.807) is 17.0 Å². The van der Waals surface area contributed by atoms with E-state index in [4.69, 9.17) is 19.8 Å². The first-order valence-electron chi connectivity index (χ1n) is 14.0. The number of amides is 1. The molecule has 220 valence electrons. The molecule has 0 spiro atoms. The van der Waals surface area contributed by atoms with Crippen molar-refractivity contribution < 1.29 is 13.9 Å². The van der Waals surface area contributed by atoms with Gasteiger partial charge in [0.2, 0.25) is 0 Å². The number of fused-ring (bicyclic) bond motifs is 1. The number of aromatic nitrogens is 4. The van der Waals surface area contributed by atoms with Gasteiger partial charge in [0.1, 0.15) is 38.9 Å². The fourth-order valence-corrected chi connectivity index (χ4v) is 5.86. The molecule has 42 heavy (non-hydrogen) atoms. The standard InChI is InChI=1S/C30H35FN8O2S/c1-7-22-27(33-16-25-35-26(23(15-32)42-25)20-8-10-21(31)11-9-20)28-34-24(14-18(2)39(28)36-22)38-13-12-37(17-19(38)3)29(40)41-30(4,5)6/h8-11,14,19,33H,7,12-13,16-17H2,1-6H3/t19-/m0/s1. The van der Waals surface area contributed by atoms with Crippen LogP contribution in [0.2, 0.25) is 0 Å². The summed E-state index contributed by atoms with van der Waals surface area (Å²) < 4.78 is 20.9. The number of thiazole rings is 1. The first-order valence-corrected chi connectivity index (χ1v) is 14.8. The summed E-state index contributed by atoms with van der Waals surface area (Å²) in [5.41, 5.74) is 4.05. The van der Waals surface area contributed by atoms with Crippen LogP contribution in [0.4, 0.5) is 20.7 Å². The van der Waals surface area contributed by atoms with Crippen molar-refractivity contribution in [1.82, 2.24) is 24.5 Å². The molecule has 3 aromatic heterocycles. The van der Waals surface area contributed by atoms with Crippen molar-refractivity contribution in [3.05, 3.63) is 57.4 Å². The lowest BCUT2D eigenvalue weighted by Crippen LogP contribution is -2.54. The van der Waals surface area contributed by atoms with Crippen LogP contribution in [-0.4, -0.2) is 61.9 Å². The van der Waals surface area contributed by atoms with Crippen molar-refractivity contribution in [2.24, 2.45) is 0 Å². The molecule has 1 fully saturated rings. The van der Waals surface area contributed by atoms with Crippen LogP contribution < -0.4 is 10.2 Å². The van der Waals surface area contributed by atoms with Crippen LogP contribution in [0.5, 0.6) is 0 Å². The molecule has 10 nitrogen and oxygen atoms in total. The maximum atomic E-state index is 13.4. The molecule has 0 saturated carbocycles. The normalized spacial score (nSPS) is 15.6. The molecule has 1 amide bonds.